The highest BCUT2D eigenvalue weighted by Crippen LogP contribution is 2.24. The Hall–Kier alpha value is -1.16. The third kappa shape index (κ3) is 3.19. The standard InChI is InChI=1S/C14H24N4/c1-4-15-7-13-8-16-14(17-9-13)18-10-11(2)5-6-12(18)3/h8-9,11-12,15H,4-7,10H2,1-3H3. The summed E-state index contributed by atoms with van der Waals surface area (Å²) in [7, 11) is 0. The van der Waals surface area contributed by atoms with E-state index in [2.05, 4.69) is 41.0 Å². The molecule has 4 heteroatoms. The predicted molar refractivity (Wildman–Crippen MR) is 74.6 cm³/mol. The Bertz CT molecular complexity index is 363. The summed E-state index contributed by atoms with van der Waals surface area (Å²) in [5.74, 6) is 1.63. The van der Waals surface area contributed by atoms with Gasteiger partial charge in [0.2, 0.25) is 5.95 Å². The van der Waals surface area contributed by atoms with E-state index in [0.29, 0.717) is 6.04 Å². The summed E-state index contributed by atoms with van der Waals surface area (Å²) < 4.78 is 0. The van der Waals surface area contributed by atoms with Crippen LogP contribution in [0.2, 0.25) is 0 Å². The quantitative estimate of drug-likeness (QED) is 0.887. The van der Waals surface area contributed by atoms with Crippen LogP contribution in [0.1, 0.15) is 39.2 Å². The second-order valence-electron chi connectivity index (χ2n) is 5.36. The highest BCUT2D eigenvalue weighted by molar-refractivity contribution is 5.32. The Balaban J connectivity index is 2.03. The molecular formula is C14H24N4. The van der Waals surface area contributed by atoms with Gasteiger partial charge in [-0.15, -0.1) is 0 Å². The molecule has 18 heavy (non-hydrogen) atoms. The lowest BCUT2D eigenvalue weighted by Crippen LogP contribution is -2.42. The van der Waals surface area contributed by atoms with Gasteiger partial charge in [-0.25, -0.2) is 9.97 Å². The molecular weight excluding hydrogens is 224 g/mol. The highest BCUT2D eigenvalue weighted by Gasteiger charge is 2.24. The van der Waals surface area contributed by atoms with Crippen LogP contribution in [-0.4, -0.2) is 29.1 Å². The predicted octanol–water partition coefficient (Wildman–Crippen LogP) is 2.21. The summed E-state index contributed by atoms with van der Waals surface area (Å²) in [5, 5.41) is 3.29. The van der Waals surface area contributed by atoms with Gasteiger partial charge in [-0.05, 0) is 32.2 Å². The van der Waals surface area contributed by atoms with Gasteiger partial charge >= 0.3 is 0 Å². The second kappa shape index (κ2) is 6.14. The molecule has 2 heterocycles. The lowest BCUT2D eigenvalue weighted by atomic mass is 9.95. The lowest BCUT2D eigenvalue weighted by Gasteiger charge is -2.36. The van der Waals surface area contributed by atoms with Crippen molar-refractivity contribution in [3.63, 3.8) is 0 Å². The van der Waals surface area contributed by atoms with E-state index < -0.39 is 0 Å². The van der Waals surface area contributed by atoms with E-state index in [-0.39, 0.29) is 0 Å². The maximum atomic E-state index is 4.51. The molecule has 1 saturated heterocycles. The van der Waals surface area contributed by atoms with Gasteiger partial charge in [0.1, 0.15) is 0 Å². The molecule has 2 unspecified atom stereocenters. The zero-order valence-corrected chi connectivity index (χ0v) is 11.7. The van der Waals surface area contributed by atoms with E-state index >= 15 is 0 Å². The average Bonchev–Trinajstić information content (AvgIpc) is 2.40. The molecule has 0 aliphatic carbocycles. The van der Waals surface area contributed by atoms with Gasteiger partial charge in [0.25, 0.3) is 0 Å². The van der Waals surface area contributed by atoms with Crippen molar-refractivity contribution in [1.82, 2.24) is 15.3 Å². The van der Waals surface area contributed by atoms with Gasteiger partial charge in [-0.3, -0.25) is 0 Å². The van der Waals surface area contributed by atoms with E-state index in [4.69, 9.17) is 0 Å². The van der Waals surface area contributed by atoms with Crippen LogP contribution in [0.3, 0.4) is 0 Å². The molecule has 1 aromatic rings. The second-order valence-corrected chi connectivity index (χ2v) is 5.36. The zero-order chi connectivity index (χ0) is 13.0. The normalized spacial score (nSPS) is 24.3. The fourth-order valence-corrected chi connectivity index (χ4v) is 2.42. The largest absolute Gasteiger partial charge is 0.338 e. The SMILES string of the molecule is CCNCc1cnc(N2CC(C)CCC2C)nc1. The molecule has 1 N–H and O–H groups in total. The van der Waals surface area contributed by atoms with Crippen molar-refractivity contribution >= 4 is 5.95 Å². The number of hydrogen-bond donors (Lipinski definition) is 1. The number of nitrogens with one attached hydrogen (secondary N) is 1. The molecule has 0 aromatic carbocycles. The summed E-state index contributed by atoms with van der Waals surface area (Å²) in [6, 6.07) is 0.556. The molecule has 0 amide bonds. The maximum Gasteiger partial charge on any atom is 0.225 e. The van der Waals surface area contributed by atoms with E-state index in [0.717, 1.165) is 37.1 Å². The zero-order valence-electron chi connectivity index (χ0n) is 11.7. The Morgan fingerprint density at radius 1 is 1.28 bits per heavy atom. The smallest absolute Gasteiger partial charge is 0.225 e. The molecule has 100 valence electrons. The Labute approximate surface area is 110 Å². The van der Waals surface area contributed by atoms with Gasteiger partial charge in [-0.2, -0.15) is 0 Å². The minimum Gasteiger partial charge on any atom is -0.338 e. The molecule has 0 radical (unpaired) electrons. The molecule has 0 bridgehead atoms. The molecule has 2 rings (SSSR count). The molecule has 1 aromatic heterocycles. The maximum absolute atomic E-state index is 4.51. The summed E-state index contributed by atoms with van der Waals surface area (Å²) in [6.07, 6.45) is 6.44. The fraction of sp³-hybridized carbons (Fsp3) is 0.714. The summed E-state index contributed by atoms with van der Waals surface area (Å²) >= 11 is 0. The number of nitrogens with zero attached hydrogens (tertiary/aromatic N) is 3. The van der Waals surface area contributed by atoms with Crippen LogP contribution in [0.15, 0.2) is 12.4 Å². The van der Waals surface area contributed by atoms with Crippen molar-refractivity contribution in [2.24, 2.45) is 5.92 Å². The van der Waals surface area contributed by atoms with Crippen LogP contribution in [0.25, 0.3) is 0 Å². The van der Waals surface area contributed by atoms with Crippen molar-refractivity contribution < 1.29 is 0 Å². The van der Waals surface area contributed by atoms with Crippen LogP contribution in [0.5, 0.6) is 0 Å². The minimum atomic E-state index is 0.556. The molecule has 4 nitrogen and oxygen atoms in total. The first-order valence-electron chi connectivity index (χ1n) is 6.99. The third-order valence-corrected chi connectivity index (χ3v) is 3.65. The Kier molecular flexibility index (Phi) is 4.53. The highest BCUT2D eigenvalue weighted by atomic mass is 15.3. The van der Waals surface area contributed by atoms with Crippen molar-refractivity contribution in [2.75, 3.05) is 18.0 Å². The van der Waals surface area contributed by atoms with E-state index in [1.807, 2.05) is 12.4 Å². The van der Waals surface area contributed by atoms with Crippen molar-refractivity contribution in [3.8, 4) is 0 Å². The van der Waals surface area contributed by atoms with Gasteiger partial charge < -0.3 is 10.2 Å². The molecule has 1 fully saturated rings. The minimum absolute atomic E-state index is 0.556. The van der Waals surface area contributed by atoms with Crippen molar-refractivity contribution in [1.29, 1.82) is 0 Å². The van der Waals surface area contributed by atoms with Crippen LogP contribution in [-0.2, 0) is 6.54 Å². The molecule has 1 aliphatic rings. The molecule has 2 atom stereocenters. The average molecular weight is 248 g/mol. The number of anilines is 1. The van der Waals surface area contributed by atoms with Crippen molar-refractivity contribution in [2.45, 2.75) is 46.2 Å². The van der Waals surface area contributed by atoms with Crippen LogP contribution in [0, 0.1) is 5.92 Å². The molecule has 0 saturated carbocycles. The fourth-order valence-electron chi connectivity index (χ4n) is 2.42. The first-order valence-corrected chi connectivity index (χ1v) is 6.99. The van der Waals surface area contributed by atoms with Crippen LogP contribution >= 0.6 is 0 Å². The van der Waals surface area contributed by atoms with Crippen LogP contribution < -0.4 is 10.2 Å². The summed E-state index contributed by atoms with van der Waals surface area (Å²) in [5.41, 5.74) is 1.15. The number of rotatable bonds is 4. The topological polar surface area (TPSA) is 41.1 Å². The summed E-state index contributed by atoms with van der Waals surface area (Å²) in [4.78, 5) is 11.4. The Morgan fingerprint density at radius 2 is 2.00 bits per heavy atom. The lowest BCUT2D eigenvalue weighted by molar-refractivity contribution is 0.385. The number of hydrogen-bond acceptors (Lipinski definition) is 4. The number of piperidine rings is 1. The van der Waals surface area contributed by atoms with E-state index in [9.17, 15) is 0 Å². The van der Waals surface area contributed by atoms with Crippen LogP contribution in [0.4, 0.5) is 5.95 Å². The van der Waals surface area contributed by atoms with Gasteiger partial charge in [0.05, 0.1) is 0 Å². The first-order chi connectivity index (χ1) is 8.70. The number of aromatic nitrogens is 2. The molecule has 1 aliphatic heterocycles. The van der Waals surface area contributed by atoms with Gasteiger partial charge in [0.15, 0.2) is 0 Å². The van der Waals surface area contributed by atoms with E-state index in [1.165, 1.54) is 12.8 Å². The first kappa shape index (κ1) is 13.3. The van der Waals surface area contributed by atoms with Crippen molar-refractivity contribution in [3.05, 3.63) is 18.0 Å². The monoisotopic (exact) mass is 248 g/mol. The van der Waals surface area contributed by atoms with E-state index in [1.54, 1.807) is 0 Å². The van der Waals surface area contributed by atoms with Gasteiger partial charge in [-0.1, -0.05) is 13.8 Å². The van der Waals surface area contributed by atoms with Gasteiger partial charge in [0, 0.05) is 37.1 Å². The molecule has 0 spiro atoms. The Morgan fingerprint density at radius 3 is 2.67 bits per heavy atom. The summed E-state index contributed by atoms with van der Waals surface area (Å²) in [6.45, 7) is 9.57. The third-order valence-electron chi connectivity index (χ3n) is 3.65.